The highest BCUT2D eigenvalue weighted by Crippen LogP contribution is 2.42. The van der Waals surface area contributed by atoms with E-state index in [4.69, 9.17) is 0 Å². The Labute approximate surface area is 81.2 Å². The van der Waals surface area contributed by atoms with E-state index in [1.807, 2.05) is 0 Å². The Hall–Kier alpha value is -0.590. The summed E-state index contributed by atoms with van der Waals surface area (Å²) in [5.41, 5.74) is 2.74. The van der Waals surface area contributed by atoms with Crippen LogP contribution in [0.15, 0.2) is 11.1 Å². The summed E-state index contributed by atoms with van der Waals surface area (Å²) in [5.74, 6) is 0.884. The monoisotopic (exact) mass is 180 g/mol. The predicted molar refractivity (Wildman–Crippen MR) is 55.6 cm³/mol. The lowest BCUT2D eigenvalue weighted by Gasteiger charge is -2.37. The highest BCUT2D eigenvalue weighted by Gasteiger charge is 2.32. The molecule has 1 rings (SSSR count). The van der Waals surface area contributed by atoms with Gasteiger partial charge in [0.1, 0.15) is 0 Å². The van der Waals surface area contributed by atoms with Crippen LogP contribution in [0.4, 0.5) is 0 Å². The molecular weight excluding hydrogens is 160 g/mol. The quantitative estimate of drug-likeness (QED) is 0.605. The largest absolute Gasteiger partial charge is 0.295 e. The molecule has 0 saturated carbocycles. The Balaban J connectivity index is 2.96. The Morgan fingerprint density at radius 2 is 2.00 bits per heavy atom. The maximum absolute atomic E-state index is 11.3. The third-order valence-corrected chi connectivity index (χ3v) is 3.51. The third kappa shape index (κ3) is 2.01. The second kappa shape index (κ2) is 3.28. The van der Waals surface area contributed by atoms with Crippen molar-refractivity contribution in [3.05, 3.63) is 11.1 Å². The summed E-state index contributed by atoms with van der Waals surface area (Å²) in [5, 5.41) is 0. The van der Waals surface area contributed by atoms with Gasteiger partial charge in [-0.3, -0.25) is 4.79 Å². The van der Waals surface area contributed by atoms with Crippen LogP contribution in [0.2, 0.25) is 0 Å². The molecule has 1 nitrogen and oxygen atoms in total. The van der Waals surface area contributed by atoms with E-state index in [1.165, 1.54) is 5.57 Å². The highest BCUT2D eigenvalue weighted by molar-refractivity contribution is 5.94. The molecule has 1 aliphatic rings. The van der Waals surface area contributed by atoms with Crippen molar-refractivity contribution >= 4 is 5.78 Å². The zero-order valence-corrected chi connectivity index (χ0v) is 9.40. The van der Waals surface area contributed by atoms with Crippen molar-refractivity contribution < 1.29 is 4.79 Å². The first-order valence-corrected chi connectivity index (χ1v) is 5.04. The second-order valence-corrected chi connectivity index (χ2v) is 5.09. The Kier molecular flexibility index (Phi) is 2.65. The fourth-order valence-electron chi connectivity index (χ4n) is 2.17. The molecule has 0 bridgehead atoms. The van der Waals surface area contributed by atoms with Crippen molar-refractivity contribution in [2.45, 2.75) is 47.5 Å². The summed E-state index contributed by atoms with van der Waals surface area (Å²) < 4.78 is 0. The van der Waals surface area contributed by atoms with Gasteiger partial charge in [-0.25, -0.2) is 0 Å². The van der Waals surface area contributed by atoms with Crippen molar-refractivity contribution in [3.63, 3.8) is 0 Å². The van der Waals surface area contributed by atoms with Gasteiger partial charge in [0.2, 0.25) is 0 Å². The van der Waals surface area contributed by atoms with Gasteiger partial charge in [-0.15, -0.1) is 0 Å². The summed E-state index contributed by atoms with van der Waals surface area (Å²) in [6.07, 6.45) is 2.04. The minimum absolute atomic E-state index is 0.264. The number of hydrogen-bond acceptors (Lipinski definition) is 1. The number of ketones is 1. The van der Waals surface area contributed by atoms with Crippen LogP contribution in [0.25, 0.3) is 0 Å². The molecule has 0 amide bonds. The number of allylic oxidation sites excluding steroid dienone is 2. The number of Topliss-reactive ketones (excluding diaryl/α,β-unsaturated/α-hetero) is 1. The Morgan fingerprint density at radius 1 is 1.46 bits per heavy atom. The number of rotatable bonds is 1. The van der Waals surface area contributed by atoms with E-state index in [9.17, 15) is 4.79 Å². The standard InChI is InChI=1S/C12H20O/c1-8-7-12(4,5)9(2)6-11(8)10(3)13/h9H,6-7H2,1-5H3. The molecule has 74 valence electrons. The van der Waals surface area contributed by atoms with Crippen LogP contribution in [0.5, 0.6) is 0 Å². The van der Waals surface area contributed by atoms with E-state index < -0.39 is 0 Å². The van der Waals surface area contributed by atoms with Crippen molar-refractivity contribution in [2.24, 2.45) is 11.3 Å². The molecule has 0 N–H and O–H groups in total. The van der Waals surface area contributed by atoms with Crippen LogP contribution in [0.1, 0.15) is 47.5 Å². The molecule has 0 aromatic heterocycles. The van der Waals surface area contributed by atoms with Gasteiger partial charge in [0.25, 0.3) is 0 Å². The molecule has 1 heteroatoms. The minimum Gasteiger partial charge on any atom is -0.295 e. The third-order valence-electron chi connectivity index (χ3n) is 3.51. The fourth-order valence-corrected chi connectivity index (χ4v) is 2.17. The number of carbonyl (C=O) groups is 1. The van der Waals surface area contributed by atoms with E-state index in [1.54, 1.807) is 6.92 Å². The smallest absolute Gasteiger partial charge is 0.155 e. The average Bonchev–Trinajstić information content (AvgIpc) is 1.95. The molecule has 1 aliphatic carbocycles. The maximum atomic E-state index is 11.3. The molecule has 0 aromatic rings. The topological polar surface area (TPSA) is 17.1 Å². The summed E-state index contributed by atoms with van der Waals surface area (Å²) >= 11 is 0. The predicted octanol–water partition coefficient (Wildman–Crippen LogP) is 3.35. The molecule has 0 spiro atoms. The number of hydrogen-bond donors (Lipinski definition) is 0. The molecule has 0 aliphatic heterocycles. The van der Waals surface area contributed by atoms with Crippen molar-refractivity contribution in [3.8, 4) is 0 Å². The summed E-state index contributed by atoms with van der Waals surface area (Å²) in [6.45, 7) is 10.6. The van der Waals surface area contributed by atoms with Crippen LogP contribution >= 0.6 is 0 Å². The second-order valence-electron chi connectivity index (χ2n) is 5.09. The van der Waals surface area contributed by atoms with Gasteiger partial charge in [0.15, 0.2) is 5.78 Å². The van der Waals surface area contributed by atoms with Crippen LogP contribution in [0.3, 0.4) is 0 Å². The van der Waals surface area contributed by atoms with E-state index in [-0.39, 0.29) is 5.78 Å². The Bertz CT molecular complexity index is 258. The fraction of sp³-hybridized carbons (Fsp3) is 0.750. The summed E-state index contributed by atoms with van der Waals surface area (Å²) in [6, 6.07) is 0. The SMILES string of the molecule is CC(=O)C1=C(C)CC(C)(C)C(C)C1. The molecule has 0 radical (unpaired) electrons. The van der Waals surface area contributed by atoms with E-state index in [2.05, 4.69) is 27.7 Å². The van der Waals surface area contributed by atoms with E-state index in [0.717, 1.165) is 18.4 Å². The van der Waals surface area contributed by atoms with Gasteiger partial charge >= 0.3 is 0 Å². The lowest BCUT2D eigenvalue weighted by Crippen LogP contribution is -2.28. The lowest BCUT2D eigenvalue weighted by molar-refractivity contribution is -0.114. The zero-order chi connectivity index (χ0) is 10.2. The minimum atomic E-state index is 0.264. The van der Waals surface area contributed by atoms with Crippen LogP contribution < -0.4 is 0 Å². The molecule has 1 unspecified atom stereocenters. The zero-order valence-electron chi connectivity index (χ0n) is 9.40. The lowest BCUT2D eigenvalue weighted by atomic mass is 9.67. The van der Waals surface area contributed by atoms with Crippen molar-refractivity contribution in [1.29, 1.82) is 0 Å². The first-order valence-electron chi connectivity index (χ1n) is 5.04. The van der Waals surface area contributed by atoms with Crippen LogP contribution in [-0.4, -0.2) is 5.78 Å². The van der Waals surface area contributed by atoms with Crippen molar-refractivity contribution in [2.75, 3.05) is 0 Å². The molecular formula is C12H20O. The Morgan fingerprint density at radius 3 is 2.46 bits per heavy atom. The average molecular weight is 180 g/mol. The molecule has 13 heavy (non-hydrogen) atoms. The van der Waals surface area contributed by atoms with E-state index >= 15 is 0 Å². The maximum Gasteiger partial charge on any atom is 0.155 e. The van der Waals surface area contributed by atoms with Gasteiger partial charge in [0, 0.05) is 0 Å². The van der Waals surface area contributed by atoms with Gasteiger partial charge in [0.05, 0.1) is 0 Å². The molecule has 0 saturated heterocycles. The first kappa shape index (κ1) is 10.5. The van der Waals surface area contributed by atoms with E-state index in [0.29, 0.717) is 11.3 Å². The van der Waals surface area contributed by atoms with Gasteiger partial charge in [-0.2, -0.15) is 0 Å². The normalized spacial score (nSPS) is 27.6. The van der Waals surface area contributed by atoms with Gasteiger partial charge < -0.3 is 0 Å². The molecule has 0 aromatic carbocycles. The molecule has 1 atom stereocenters. The van der Waals surface area contributed by atoms with Gasteiger partial charge in [-0.1, -0.05) is 26.3 Å². The van der Waals surface area contributed by atoms with Crippen molar-refractivity contribution in [1.82, 2.24) is 0 Å². The first-order chi connectivity index (χ1) is 5.84. The van der Waals surface area contributed by atoms with Crippen LogP contribution in [-0.2, 0) is 4.79 Å². The van der Waals surface area contributed by atoms with Gasteiger partial charge in [-0.05, 0) is 43.6 Å². The molecule has 0 heterocycles. The molecule has 0 fully saturated rings. The summed E-state index contributed by atoms with van der Waals surface area (Å²) in [7, 11) is 0. The number of carbonyl (C=O) groups excluding carboxylic acids is 1. The highest BCUT2D eigenvalue weighted by atomic mass is 16.1. The summed E-state index contributed by atoms with van der Waals surface area (Å²) in [4.78, 5) is 11.3. The van der Waals surface area contributed by atoms with Crippen LogP contribution in [0, 0.1) is 11.3 Å².